The third-order valence-corrected chi connectivity index (χ3v) is 6.28. The zero-order chi connectivity index (χ0) is 14.7. The number of anilines is 2. The highest BCUT2D eigenvalue weighted by molar-refractivity contribution is 7.99. The van der Waals surface area contributed by atoms with Gasteiger partial charge in [-0.1, -0.05) is 24.2 Å². The molecule has 1 aromatic heterocycles. The van der Waals surface area contributed by atoms with Crippen molar-refractivity contribution in [1.82, 2.24) is 10.3 Å². The molecule has 1 unspecified atom stereocenters. The molecule has 2 aliphatic rings. The van der Waals surface area contributed by atoms with Gasteiger partial charge in [-0.3, -0.25) is 4.79 Å². The predicted molar refractivity (Wildman–Crippen MR) is 90.4 cm³/mol. The lowest BCUT2D eigenvalue weighted by Crippen LogP contribution is -2.34. The highest BCUT2D eigenvalue weighted by Crippen LogP contribution is 2.30. The van der Waals surface area contributed by atoms with Gasteiger partial charge in [0.15, 0.2) is 5.13 Å². The molecule has 3 rings (SSSR count). The van der Waals surface area contributed by atoms with E-state index in [1.165, 1.54) is 37.0 Å². The maximum atomic E-state index is 12.3. The molecule has 0 aromatic carbocycles. The third kappa shape index (κ3) is 3.63. The Morgan fingerprint density at radius 2 is 2.05 bits per heavy atom. The molecule has 2 saturated heterocycles. The number of thiazole rings is 1. The Bertz CT molecular complexity index is 491. The Kier molecular flexibility index (Phi) is 4.90. The van der Waals surface area contributed by atoms with E-state index < -0.39 is 0 Å². The van der Waals surface area contributed by atoms with Crippen molar-refractivity contribution in [2.24, 2.45) is 0 Å². The molecule has 0 aliphatic carbocycles. The van der Waals surface area contributed by atoms with E-state index in [1.807, 2.05) is 11.8 Å². The van der Waals surface area contributed by atoms with Gasteiger partial charge in [-0.2, -0.15) is 11.8 Å². The van der Waals surface area contributed by atoms with E-state index in [0.29, 0.717) is 10.7 Å². The monoisotopic (exact) mass is 326 g/mol. The second-order valence-corrected chi connectivity index (χ2v) is 7.77. The molecule has 1 atom stereocenters. The zero-order valence-electron chi connectivity index (χ0n) is 12.1. The molecule has 3 heterocycles. The molecule has 0 bridgehead atoms. The number of aromatic nitrogens is 1. The molecule has 116 valence electrons. The molecule has 3 N–H and O–H groups in total. The number of nitrogens with two attached hydrogens (primary N) is 1. The quantitative estimate of drug-likeness (QED) is 0.892. The lowest BCUT2D eigenvalue weighted by atomic mass is 10.2. The van der Waals surface area contributed by atoms with Crippen LogP contribution in [0.2, 0.25) is 0 Å². The van der Waals surface area contributed by atoms with Gasteiger partial charge in [0.1, 0.15) is 10.7 Å². The summed E-state index contributed by atoms with van der Waals surface area (Å²) in [4.78, 5) is 19.6. The molecule has 7 heteroatoms. The van der Waals surface area contributed by atoms with Gasteiger partial charge < -0.3 is 16.0 Å². The van der Waals surface area contributed by atoms with Crippen molar-refractivity contribution in [3.05, 3.63) is 4.88 Å². The number of nitrogens with zero attached hydrogens (tertiary/aromatic N) is 2. The summed E-state index contributed by atoms with van der Waals surface area (Å²) >= 11 is 3.33. The van der Waals surface area contributed by atoms with Crippen LogP contribution in [0.5, 0.6) is 0 Å². The zero-order valence-corrected chi connectivity index (χ0v) is 13.8. The van der Waals surface area contributed by atoms with Gasteiger partial charge in [0, 0.05) is 24.9 Å². The minimum atomic E-state index is -0.0569. The van der Waals surface area contributed by atoms with Crippen LogP contribution < -0.4 is 16.0 Å². The summed E-state index contributed by atoms with van der Waals surface area (Å²) in [5.41, 5.74) is 5.97. The van der Waals surface area contributed by atoms with Gasteiger partial charge in [-0.25, -0.2) is 4.98 Å². The minimum Gasteiger partial charge on any atom is -0.382 e. The van der Waals surface area contributed by atoms with Crippen molar-refractivity contribution in [3.8, 4) is 0 Å². The van der Waals surface area contributed by atoms with E-state index in [1.54, 1.807) is 0 Å². The smallest absolute Gasteiger partial charge is 0.265 e. The number of hydrogen-bond donors (Lipinski definition) is 2. The molecule has 0 radical (unpaired) electrons. The first-order valence-corrected chi connectivity index (χ1v) is 9.61. The molecule has 0 spiro atoms. The van der Waals surface area contributed by atoms with Gasteiger partial charge in [0.25, 0.3) is 5.91 Å². The van der Waals surface area contributed by atoms with Crippen LogP contribution in [0.4, 0.5) is 10.9 Å². The van der Waals surface area contributed by atoms with Gasteiger partial charge in [-0.15, -0.1) is 0 Å². The molecule has 2 fully saturated rings. The van der Waals surface area contributed by atoms with Crippen LogP contribution in [0.25, 0.3) is 0 Å². The van der Waals surface area contributed by atoms with E-state index in [2.05, 4.69) is 15.2 Å². The Morgan fingerprint density at radius 3 is 2.71 bits per heavy atom. The van der Waals surface area contributed by atoms with E-state index in [0.717, 1.165) is 36.1 Å². The summed E-state index contributed by atoms with van der Waals surface area (Å²) in [5.74, 6) is 2.45. The first kappa shape index (κ1) is 15.0. The van der Waals surface area contributed by atoms with Crippen LogP contribution in [0.3, 0.4) is 0 Å². The highest BCUT2D eigenvalue weighted by atomic mass is 32.2. The normalized spacial score (nSPS) is 23.0. The number of nitrogens with one attached hydrogen (secondary N) is 1. The summed E-state index contributed by atoms with van der Waals surface area (Å²) in [6.07, 6.45) is 6.00. The second kappa shape index (κ2) is 6.87. The molecule has 1 aromatic rings. The first-order valence-electron chi connectivity index (χ1n) is 7.64. The summed E-state index contributed by atoms with van der Waals surface area (Å²) in [6.45, 7) is 2.04. The number of thioether (sulfide) groups is 1. The Hall–Kier alpha value is -0.950. The van der Waals surface area contributed by atoms with Crippen LogP contribution in [-0.4, -0.2) is 41.5 Å². The number of amides is 1. The average Bonchev–Trinajstić information content (AvgIpc) is 3.01. The summed E-state index contributed by atoms with van der Waals surface area (Å²) < 4.78 is 0. The van der Waals surface area contributed by atoms with Gasteiger partial charge in [0.2, 0.25) is 0 Å². The van der Waals surface area contributed by atoms with E-state index in [-0.39, 0.29) is 11.9 Å². The SMILES string of the molecule is Nc1nc(N2CCCCCC2)sc1C(=O)NC1CCSC1. The topological polar surface area (TPSA) is 71.2 Å². The average molecular weight is 326 g/mol. The summed E-state index contributed by atoms with van der Waals surface area (Å²) in [5, 5.41) is 3.98. The fourth-order valence-electron chi connectivity index (χ4n) is 2.78. The molecular weight excluding hydrogens is 304 g/mol. The largest absolute Gasteiger partial charge is 0.382 e. The standard InChI is InChI=1S/C14H22N4OS2/c15-12-11(13(19)16-10-5-8-20-9-10)21-14(17-12)18-6-3-1-2-4-7-18/h10H,1-9,15H2,(H,16,19). The Balaban J connectivity index is 1.69. The number of carbonyl (C=O) groups is 1. The fourth-order valence-corrected chi connectivity index (χ4v) is 4.87. The lowest BCUT2D eigenvalue weighted by molar-refractivity contribution is 0.0946. The molecular formula is C14H22N4OS2. The van der Waals surface area contributed by atoms with E-state index >= 15 is 0 Å². The number of hydrogen-bond acceptors (Lipinski definition) is 6. The van der Waals surface area contributed by atoms with Gasteiger partial charge in [0.05, 0.1) is 0 Å². The van der Waals surface area contributed by atoms with Crippen molar-refractivity contribution in [3.63, 3.8) is 0 Å². The molecule has 2 aliphatic heterocycles. The molecule has 5 nitrogen and oxygen atoms in total. The van der Waals surface area contributed by atoms with Crippen molar-refractivity contribution < 1.29 is 4.79 Å². The lowest BCUT2D eigenvalue weighted by Gasteiger charge is -2.18. The third-order valence-electron chi connectivity index (χ3n) is 3.99. The van der Waals surface area contributed by atoms with Gasteiger partial charge in [-0.05, 0) is 25.0 Å². The number of nitrogen functional groups attached to an aromatic ring is 1. The second-order valence-electron chi connectivity index (χ2n) is 5.65. The van der Waals surface area contributed by atoms with Crippen molar-refractivity contribution in [2.45, 2.75) is 38.1 Å². The molecule has 1 amide bonds. The van der Waals surface area contributed by atoms with Crippen LogP contribution in [0, 0.1) is 0 Å². The minimum absolute atomic E-state index is 0.0569. The van der Waals surface area contributed by atoms with E-state index in [4.69, 9.17) is 5.73 Å². The Morgan fingerprint density at radius 1 is 1.29 bits per heavy atom. The molecule has 21 heavy (non-hydrogen) atoms. The van der Waals surface area contributed by atoms with Crippen molar-refractivity contribution in [1.29, 1.82) is 0 Å². The first-order chi connectivity index (χ1) is 10.2. The maximum Gasteiger partial charge on any atom is 0.265 e. The van der Waals surface area contributed by atoms with Gasteiger partial charge >= 0.3 is 0 Å². The van der Waals surface area contributed by atoms with Crippen LogP contribution in [0.15, 0.2) is 0 Å². The van der Waals surface area contributed by atoms with Crippen LogP contribution in [-0.2, 0) is 0 Å². The van der Waals surface area contributed by atoms with Crippen LogP contribution in [0.1, 0.15) is 41.8 Å². The summed E-state index contributed by atoms with van der Waals surface area (Å²) in [6, 6.07) is 0.283. The van der Waals surface area contributed by atoms with Crippen molar-refractivity contribution in [2.75, 3.05) is 35.2 Å². The number of carbonyl (C=O) groups excluding carboxylic acids is 1. The highest BCUT2D eigenvalue weighted by Gasteiger charge is 2.23. The summed E-state index contributed by atoms with van der Waals surface area (Å²) in [7, 11) is 0. The van der Waals surface area contributed by atoms with E-state index in [9.17, 15) is 4.79 Å². The predicted octanol–water partition coefficient (Wildman–Crippen LogP) is 2.34. The Labute approximate surface area is 133 Å². The molecule has 0 saturated carbocycles. The number of rotatable bonds is 3. The van der Waals surface area contributed by atoms with Crippen molar-refractivity contribution >= 4 is 40.0 Å². The van der Waals surface area contributed by atoms with Crippen LogP contribution >= 0.6 is 23.1 Å². The maximum absolute atomic E-state index is 12.3. The fraction of sp³-hybridized carbons (Fsp3) is 0.714.